The van der Waals surface area contributed by atoms with Crippen LogP contribution < -0.4 is 4.68 Å². The van der Waals surface area contributed by atoms with Gasteiger partial charge in [0.15, 0.2) is 7.05 Å². The van der Waals surface area contributed by atoms with Gasteiger partial charge in [0, 0.05) is 0 Å². The molecule has 10 heavy (non-hydrogen) atoms. The van der Waals surface area contributed by atoms with Crippen LogP contribution in [-0.4, -0.2) is 5.10 Å². The molecule has 0 spiro atoms. The first-order chi connectivity index (χ1) is 4.63. The van der Waals surface area contributed by atoms with Gasteiger partial charge in [-0.15, -0.1) is 0 Å². The SMILES string of the molecule is C[n+]1ncc(Cl)c(Cl)c1Cl. The predicted octanol–water partition coefficient (Wildman–Crippen LogP) is 1.87. The number of aromatic nitrogens is 2. The van der Waals surface area contributed by atoms with Crippen molar-refractivity contribution in [3.8, 4) is 0 Å². The summed E-state index contributed by atoms with van der Waals surface area (Å²) in [4.78, 5) is 0. The summed E-state index contributed by atoms with van der Waals surface area (Å²) < 4.78 is 1.44. The van der Waals surface area contributed by atoms with Crippen LogP contribution in [0.2, 0.25) is 15.2 Å². The minimum Gasteiger partial charge on any atom is -0.0805 e. The van der Waals surface area contributed by atoms with Gasteiger partial charge in [0.05, 0.1) is 5.02 Å². The Bertz CT molecular complexity index is 234. The van der Waals surface area contributed by atoms with Gasteiger partial charge in [-0.25, -0.2) is 0 Å². The fraction of sp³-hybridized carbons (Fsp3) is 0.200. The van der Waals surface area contributed by atoms with Crippen molar-refractivity contribution in [2.24, 2.45) is 7.05 Å². The quantitative estimate of drug-likeness (QED) is 0.582. The van der Waals surface area contributed by atoms with E-state index in [4.69, 9.17) is 34.8 Å². The van der Waals surface area contributed by atoms with Crippen molar-refractivity contribution in [2.45, 2.75) is 0 Å². The molecule has 1 heterocycles. The minimum absolute atomic E-state index is 0.334. The highest BCUT2D eigenvalue weighted by Gasteiger charge is 2.13. The third kappa shape index (κ3) is 1.34. The molecule has 0 aliphatic heterocycles. The normalized spacial score (nSPS) is 10.0. The molecule has 0 saturated carbocycles. The van der Waals surface area contributed by atoms with Crippen LogP contribution in [0.4, 0.5) is 0 Å². The van der Waals surface area contributed by atoms with Crippen LogP contribution in [0.1, 0.15) is 0 Å². The number of aryl methyl sites for hydroxylation is 1. The van der Waals surface area contributed by atoms with E-state index < -0.39 is 0 Å². The third-order valence-electron chi connectivity index (χ3n) is 1.02. The molecule has 1 rings (SSSR count). The van der Waals surface area contributed by atoms with Crippen LogP contribution in [0.25, 0.3) is 0 Å². The lowest BCUT2D eigenvalue weighted by Gasteiger charge is -1.92. The first kappa shape index (κ1) is 8.05. The molecule has 0 bridgehead atoms. The Labute approximate surface area is 73.3 Å². The van der Waals surface area contributed by atoms with Crippen LogP contribution in [0.5, 0.6) is 0 Å². The van der Waals surface area contributed by atoms with E-state index in [-0.39, 0.29) is 0 Å². The zero-order chi connectivity index (χ0) is 7.72. The number of rotatable bonds is 0. The fourth-order valence-electron chi connectivity index (χ4n) is 0.485. The van der Waals surface area contributed by atoms with Crippen molar-refractivity contribution in [3.63, 3.8) is 0 Å². The molecule has 0 N–H and O–H groups in total. The Morgan fingerprint density at radius 3 is 2.50 bits per heavy atom. The second kappa shape index (κ2) is 2.91. The summed E-state index contributed by atoms with van der Waals surface area (Å²) in [5, 5.41) is 4.85. The summed E-state index contributed by atoms with van der Waals surface area (Å²) in [5.74, 6) is 0. The smallest absolute Gasteiger partial charge is 0.0805 e. The standard InChI is InChI=1S/C5H4Cl3N2/c1-10-5(8)4(7)3(6)2-9-10/h2H,1H3/q+1. The molecular weight excluding hydrogens is 194 g/mol. The molecule has 0 atom stereocenters. The van der Waals surface area contributed by atoms with Gasteiger partial charge in [0.2, 0.25) is 0 Å². The Morgan fingerprint density at radius 1 is 1.40 bits per heavy atom. The van der Waals surface area contributed by atoms with Gasteiger partial charge in [0.25, 0.3) is 0 Å². The van der Waals surface area contributed by atoms with Gasteiger partial charge >= 0.3 is 5.15 Å². The molecule has 1 aromatic rings. The first-order valence-corrected chi connectivity index (χ1v) is 3.62. The van der Waals surface area contributed by atoms with E-state index in [9.17, 15) is 0 Å². The highest BCUT2D eigenvalue weighted by Crippen LogP contribution is 2.24. The van der Waals surface area contributed by atoms with Crippen LogP contribution in [0.3, 0.4) is 0 Å². The van der Waals surface area contributed by atoms with Gasteiger partial charge in [-0.05, 0) is 16.7 Å². The van der Waals surface area contributed by atoms with Crippen molar-refractivity contribution in [1.29, 1.82) is 0 Å². The van der Waals surface area contributed by atoms with Crippen LogP contribution >= 0.6 is 34.8 Å². The Hall–Kier alpha value is -0.0500. The lowest BCUT2D eigenvalue weighted by molar-refractivity contribution is -0.728. The van der Waals surface area contributed by atoms with Gasteiger partial charge in [0.1, 0.15) is 11.2 Å². The first-order valence-electron chi connectivity index (χ1n) is 2.48. The van der Waals surface area contributed by atoms with Crippen molar-refractivity contribution in [2.75, 3.05) is 0 Å². The van der Waals surface area contributed by atoms with Crippen molar-refractivity contribution >= 4 is 34.8 Å². The van der Waals surface area contributed by atoms with Crippen molar-refractivity contribution in [3.05, 3.63) is 21.4 Å². The number of halogens is 3. The lowest BCUT2D eigenvalue weighted by Crippen LogP contribution is -2.34. The van der Waals surface area contributed by atoms with Gasteiger partial charge < -0.3 is 0 Å². The van der Waals surface area contributed by atoms with E-state index in [1.165, 1.54) is 10.9 Å². The molecule has 0 saturated heterocycles. The number of hydrogen-bond acceptors (Lipinski definition) is 1. The fourth-order valence-corrected chi connectivity index (χ4v) is 0.983. The summed E-state index contributed by atoms with van der Waals surface area (Å²) in [5.41, 5.74) is 0. The topological polar surface area (TPSA) is 16.8 Å². The van der Waals surface area contributed by atoms with Crippen molar-refractivity contribution < 1.29 is 4.68 Å². The lowest BCUT2D eigenvalue weighted by atomic mass is 10.6. The molecule has 0 unspecified atom stereocenters. The summed E-state index contributed by atoms with van der Waals surface area (Å²) in [7, 11) is 1.69. The van der Waals surface area contributed by atoms with Crippen LogP contribution in [-0.2, 0) is 7.05 Å². The van der Waals surface area contributed by atoms with Gasteiger partial charge in [-0.3, -0.25) is 0 Å². The van der Waals surface area contributed by atoms with Crippen LogP contribution in [0.15, 0.2) is 6.20 Å². The van der Waals surface area contributed by atoms with Crippen molar-refractivity contribution in [1.82, 2.24) is 5.10 Å². The average Bonchev–Trinajstić information content (AvgIpc) is 1.93. The predicted molar refractivity (Wildman–Crippen MR) is 40.4 cm³/mol. The number of nitrogens with zero attached hydrogens (tertiary/aromatic N) is 2. The molecule has 54 valence electrons. The molecule has 0 aliphatic carbocycles. The molecule has 5 heteroatoms. The average molecular weight is 198 g/mol. The summed E-state index contributed by atoms with van der Waals surface area (Å²) >= 11 is 16.9. The zero-order valence-electron chi connectivity index (χ0n) is 5.11. The zero-order valence-corrected chi connectivity index (χ0v) is 7.37. The minimum atomic E-state index is 0.334. The molecule has 0 amide bonds. The van der Waals surface area contributed by atoms with E-state index >= 15 is 0 Å². The van der Waals surface area contributed by atoms with E-state index in [1.54, 1.807) is 7.05 Å². The molecule has 1 aromatic heterocycles. The molecule has 0 aromatic carbocycles. The molecule has 2 nitrogen and oxygen atoms in total. The maximum Gasteiger partial charge on any atom is 0.320 e. The Balaban J connectivity index is 3.34. The highest BCUT2D eigenvalue weighted by atomic mass is 35.5. The second-order valence-electron chi connectivity index (χ2n) is 1.72. The monoisotopic (exact) mass is 197 g/mol. The molecule has 0 fully saturated rings. The summed E-state index contributed by atoms with van der Waals surface area (Å²) in [6, 6.07) is 0. The Kier molecular flexibility index (Phi) is 2.34. The maximum atomic E-state index is 5.67. The Morgan fingerprint density at radius 2 is 2.00 bits per heavy atom. The third-order valence-corrected chi connectivity index (χ3v) is 2.32. The van der Waals surface area contributed by atoms with Gasteiger partial charge in [-0.2, -0.15) is 0 Å². The maximum absolute atomic E-state index is 5.67. The summed E-state index contributed by atoms with van der Waals surface area (Å²) in [6.07, 6.45) is 1.44. The number of hydrogen-bond donors (Lipinski definition) is 0. The molecule has 0 radical (unpaired) electrons. The van der Waals surface area contributed by atoms with E-state index in [2.05, 4.69) is 5.10 Å². The largest absolute Gasteiger partial charge is 0.320 e. The van der Waals surface area contributed by atoms with Crippen LogP contribution in [0, 0.1) is 0 Å². The van der Waals surface area contributed by atoms with E-state index in [0.29, 0.717) is 15.2 Å². The van der Waals surface area contributed by atoms with E-state index in [1.807, 2.05) is 0 Å². The van der Waals surface area contributed by atoms with Gasteiger partial charge in [-0.1, -0.05) is 27.9 Å². The second-order valence-corrected chi connectivity index (χ2v) is 2.86. The van der Waals surface area contributed by atoms with E-state index in [0.717, 1.165) is 0 Å². The molecular formula is C5H4Cl3N2+. The highest BCUT2D eigenvalue weighted by molar-refractivity contribution is 6.46. The summed E-state index contributed by atoms with van der Waals surface area (Å²) in [6.45, 7) is 0. The molecule has 0 aliphatic rings.